The molecule has 17 heavy (non-hydrogen) atoms. The van der Waals surface area contributed by atoms with Gasteiger partial charge in [0.1, 0.15) is 0 Å². The van der Waals surface area contributed by atoms with Crippen LogP contribution < -0.4 is 4.90 Å². The summed E-state index contributed by atoms with van der Waals surface area (Å²) < 4.78 is 0. The predicted octanol–water partition coefficient (Wildman–Crippen LogP) is 3.58. The number of carbonyl (C=O) groups excluding carboxylic acids is 1. The number of Topliss-reactive ketones (excluding diaryl/α,β-unsaturated/α-hetero) is 1. The Hall–Kier alpha value is -1.31. The molecule has 0 N–H and O–H groups in total. The highest BCUT2D eigenvalue weighted by Gasteiger charge is 2.21. The quantitative estimate of drug-likeness (QED) is 0.741. The van der Waals surface area contributed by atoms with Crippen LogP contribution in [0.4, 0.5) is 5.69 Å². The maximum Gasteiger partial charge on any atom is 0.160 e. The van der Waals surface area contributed by atoms with E-state index < -0.39 is 0 Å². The topological polar surface area (TPSA) is 20.3 Å². The fourth-order valence-corrected chi connectivity index (χ4v) is 2.88. The van der Waals surface area contributed by atoms with Crippen molar-refractivity contribution >= 4 is 11.5 Å². The lowest BCUT2D eigenvalue weighted by Crippen LogP contribution is -2.29. The van der Waals surface area contributed by atoms with Crippen LogP contribution in [0.25, 0.3) is 0 Å². The van der Waals surface area contributed by atoms with E-state index in [9.17, 15) is 4.79 Å². The highest BCUT2D eigenvalue weighted by Crippen LogP contribution is 2.30. The molecule has 2 heteroatoms. The fraction of sp³-hybridized carbons (Fsp3) is 0.533. The number of nitrogens with zero attached hydrogens (tertiary/aromatic N) is 1. The molecule has 0 atom stereocenters. The molecule has 0 amide bonds. The Balaban J connectivity index is 2.31. The zero-order chi connectivity index (χ0) is 12.4. The summed E-state index contributed by atoms with van der Waals surface area (Å²) in [7, 11) is 2.15. The molecule has 0 radical (unpaired) electrons. The third-order valence-corrected chi connectivity index (χ3v) is 3.94. The predicted molar refractivity (Wildman–Crippen MR) is 71.8 cm³/mol. The van der Waals surface area contributed by atoms with Gasteiger partial charge in [0, 0.05) is 24.3 Å². The zero-order valence-electron chi connectivity index (χ0n) is 11.0. The van der Waals surface area contributed by atoms with Crippen molar-refractivity contribution in [1.29, 1.82) is 0 Å². The number of rotatable bonds is 3. The number of hydrogen-bond acceptors (Lipinski definition) is 2. The van der Waals surface area contributed by atoms with Crippen LogP contribution in [0, 0.1) is 6.92 Å². The summed E-state index contributed by atoms with van der Waals surface area (Å²) in [5.41, 5.74) is 3.19. The van der Waals surface area contributed by atoms with Crippen molar-refractivity contribution in [3.63, 3.8) is 0 Å². The summed E-state index contributed by atoms with van der Waals surface area (Å²) in [6.07, 6.45) is 5.22. The van der Waals surface area contributed by atoms with Gasteiger partial charge < -0.3 is 4.90 Å². The van der Waals surface area contributed by atoms with Gasteiger partial charge in [-0.1, -0.05) is 25.0 Å². The number of anilines is 1. The molecular weight excluding hydrogens is 210 g/mol. The summed E-state index contributed by atoms with van der Waals surface area (Å²) in [6, 6.07) is 6.68. The molecule has 0 unspecified atom stereocenters. The molecular formula is C15H21NO. The Kier molecular flexibility index (Phi) is 3.51. The van der Waals surface area contributed by atoms with Gasteiger partial charge in [0.15, 0.2) is 5.78 Å². The van der Waals surface area contributed by atoms with Gasteiger partial charge in [-0.05, 0) is 38.3 Å². The standard InChI is InChI=1S/C15H21NO/c1-11-14(12(2)17)9-6-10-15(11)16(3)13-7-4-5-8-13/h6,9-10,13H,4-5,7-8H2,1-3H3. The molecule has 92 valence electrons. The summed E-state index contributed by atoms with van der Waals surface area (Å²) in [5.74, 6) is 0.157. The summed E-state index contributed by atoms with van der Waals surface area (Å²) in [5, 5.41) is 0. The number of hydrogen-bond donors (Lipinski definition) is 0. The highest BCUT2D eigenvalue weighted by atomic mass is 16.1. The van der Waals surface area contributed by atoms with E-state index in [4.69, 9.17) is 0 Å². The number of benzene rings is 1. The van der Waals surface area contributed by atoms with Crippen molar-refractivity contribution in [2.24, 2.45) is 0 Å². The molecule has 1 aromatic rings. The molecule has 1 aromatic carbocycles. The number of carbonyl (C=O) groups is 1. The molecule has 2 nitrogen and oxygen atoms in total. The summed E-state index contributed by atoms with van der Waals surface area (Å²) in [6.45, 7) is 3.69. The summed E-state index contributed by atoms with van der Waals surface area (Å²) in [4.78, 5) is 13.9. The normalized spacial score (nSPS) is 16.2. The van der Waals surface area contributed by atoms with Crippen molar-refractivity contribution in [2.45, 2.75) is 45.6 Å². The second-order valence-corrected chi connectivity index (χ2v) is 5.06. The van der Waals surface area contributed by atoms with Gasteiger partial charge >= 0.3 is 0 Å². The van der Waals surface area contributed by atoms with Gasteiger partial charge in [0.2, 0.25) is 0 Å². The van der Waals surface area contributed by atoms with Crippen molar-refractivity contribution < 1.29 is 4.79 Å². The minimum atomic E-state index is 0.157. The molecule has 0 bridgehead atoms. The van der Waals surface area contributed by atoms with Gasteiger partial charge in [-0.3, -0.25) is 4.79 Å². The minimum Gasteiger partial charge on any atom is -0.371 e. The molecule has 1 saturated carbocycles. The van der Waals surface area contributed by atoms with Crippen molar-refractivity contribution in [3.05, 3.63) is 29.3 Å². The molecule has 1 aliphatic carbocycles. The van der Waals surface area contributed by atoms with Crippen LogP contribution >= 0.6 is 0 Å². The lowest BCUT2D eigenvalue weighted by molar-refractivity contribution is 0.101. The molecule has 0 aliphatic heterocycles. The first-order valence-electron chi connectivity index (χ1n) is 6.44. The minimum absolute atomic E-state index is 0.157. The first-order chi connectivity index (χ1) is 8.11. The Labute approximate surface area is 104 Å². The van der Waals surface area contributed by atoms with E-state index in [-0.39, 0.29) is 5.78 Å². The third kappa shape index (κ3) is 2.36. The fourth-order valence-electron chi connectivity index (χ4n) is 2.88. The first-order valence-corrected chi connectivity index (χ1v) is 6.44. The van der Waals surface area contributed by atoms with E-state index in [1.54, 1.807) is 6.92 Å². The van der Waals surface area contributed by atoms with Gasteiger partial charge in [0.05, 0.1) is 0 Å². The van der Waals surface area contributed by atoms with E-state index in [0.29, 0.717) is 6.04 Å². The zero-order valence-corrected chi connectivity index (χ0v) is 11.0. The molecule has 0 saturated heterocycles. The second-order valence-electron chi connectivity index (χ2n) is 5.06. The second kappa shape index (κ2) is 4.91. The monoisotopic (exact) mass is 231 g/mol. The Morgan fingerprint density at radius 2 is 1.94 bits per heavy atom. The number of ketones is 1. The Bertz CT molecular complexity index is 419. The molecule has 2 rings (SSSR count). The van der Waals surface area contributed by atoms with E-state index in [1.807, 2.05) is 12.1 Å². The average Bonchev–Trinajstić information content (AvgIpc) is 2.81. The Morgan fingerprint density at radius 3 is 2.53 bits per heavy atom. The average molecular weight is 231 g/mol. The first kappa shape index (κ1) is 12.2. The van der Waals surface area contributed by atoms with Crippen LogP contribution in [-0.2, 0) is 0 Å². The maximum absolute atomic E-state index is 11.5. The molecule has 0 spiro atoms. The third-order valence-electron chi connectivity index (χ3n) is 3.94. The largest absolute Gasteiger partial charge is 0.371 e. The lowest BCUT2D eigenvalue weighted by atomic mass is 10.0. The van der Waals surface area contributed by atoms with Gasteiger partial charge in [-0.25, -0.2) is 0 Å². The highest BCUT2D eigenvalue weighted by molar-refractivity contribution is 5.96. The van der Waals surface area contributed by atoms with Gasteiger partial charge in [-0.2, -0.15) is 0 Å². The van der Waals surface area contributed by atoms with Crippen LogP contribution in [0.2, 0.25) is 0 Å². The SMILES string of the molecule is CC(=O)c1cccc(N(C)C2CCCC2)c1C. The van der Waals surface area contributed by atoms with E-state index in [1.165, 1.54) is 31.4 Å². The van der Waals surface area contributed by atoms with Crippen molar-refractivity contribution in [2.75, 3.05) is 11.9 Å². The molecule has 0 aromatic heterocycles. The van der Waals surface area contributed by atoms with E-state index in [2.05, 4.69) is 24.9 Å². The van der Waals surface area contributed by atoms with Crippen molar-refractivity contribution in [1.82, 2.24) is 0 Å². The van der Waals surface area contributed by atoms with Crippen LogP contribution in [0.1, 0.15) is 48.5 Å². The van der Waals surface area contributed by atoms with Gasteiger partial charge in [0.25, 0.3) is 0 Å². The van der Waals surface area contributed by atoms with Crippen LogP contribution in [0.5, 0.6) is 0 Å². The van der Waals surface area contributed by atoms with E-state index in [0.717, 1.165) is 11.1 Å². The summed E-state index contributed by atoms with van der Waals surface area (Å²) >= 11 is 0. The Morgan fingerprint density at radius 1 is 1.29 bits per heavy atom. The van der Waals surface area contributed by atoms with Crippen LogP contribution in [0.15, 0.2) is 18.2 Å². The molecule has 0 heterocycles. The van der Waals surface area contributed by atoms with Gasteiger partial charge in [-0.15, -0.1) is 0 Å². The van der Waals surface area contributed by atoms with Crippen LogP contribution in [0.3, 0.4) is 0 Å². The maximum atomic E-state index is 11.5. The lowest BCUT2D eigenvalue weighted by Gasteiger charge is -2.28. The smallest absolute Gasteiger partial charge is 0.160 e. The molecule has 1 fully saturated rings. The van der Waals surface area contributed by atoms with E-state index >= 15 is 0 Å². The van der Waals surface area contributed by atoms with Crippen LogP contribution in [-0.4, -0.2) is 18.9 Å². The molecule has 1 aliphatic rings. The van der Waals surface area contributed by atoms with Crippen molar-refractivity contribution in [3.8, 4) is 0 Å².